The normalized spacial score (nSPS) is 13.2. The molecule has 0 N–H and O–H groups in total. The molecule has 1 atom stereocenters. The molecule has 0 fully saturated rings. The molecule has 0 bridgehead atoms. The van der Waals surface area contributed by atoms with Crippen LogP contribution in [-0.4, -0.2) is 0 Å². The minimum absolute atomic E-state index is 0.173. The Morgan fingerprint density at radius 3 is 2.92 bits per heavy atom. The fourth-order valence-electron chi connectivity index (χ4n) is 1.20. The van der Waals surface area contributed by atoms with Gasteiger partial charge in [-0.05, 0) is 18.6 Å². The number of hydrogen-bond donors (Lipinski definition) is 0. The highest BCUT2D eigenvalue weighted by atomic mass is 32.1. The Morgan fingerprint density at radius 1 is 1.50 bits per heavy atom. The zero-order valence-corrected chi connectivity index (χ0v) is 8.27. The van der Waals surface area contributed by atoms with Crippen LogP contribution in [0.2, 0.25) is 0 Å². The molecule has 2 heteroatoms. The van der Waals surface area contributed by atoms with Gasteiger partial charge in [0.25, 0.3) is 0 Å². The molecule has 0 saturated carbocycles. The second kappa shape index (κ2) is 5.31. The van der Waals surface area contributed by atoms with Crippen molar-refractivity contribution in [1.29, 1.82) is 0 Å². The minimum Gasteiger partial charge on any atom is -0.468 e. The summed E-state index contributed by atoms with van der Waals surface area (Å²) in [5, 5.41) is 0.173. The number of hydrogen-bond acceptors (Lipinski definition) is 1. The molecule has 67 valence electrons. The van der Waals surface area contributed by atoms with E-state index in [1.165, 1.54) is 19.3 Å². The molecule has 1 unspecified atom stereocenters. The van der Waals surface area contributed by atoms with Crippen LogP contribution in [0, 0.1) is 0 Å². The quantitative estimate of drug-likeness (QED) is 0.626. The van der Waals surface area contributed by atoms with Crippen LogP contribution >= 0.6 is 12.6 Å². The van der Waals surface area contributed by atoms with Gasteiger partial charge in [-0.3, -0.25) is 0 Å². The minimum atomic E-state index is 0.173. The van der Waals surface area contributed by atoms with Crippen LogP contribution < -0.4 is 0 Å². The van der Waals surface area contributed by atoms with Gasteiger partial charge in [0, 0.05) is 0 Å². The maximum atomic E-state index is 5.28. The van der Waals surface area contributed by atoms with Crippen molar-refractivity contribution >= 4 is 12.6 Å². The van der Waals surface area contributed by atoms with E-state index in [1.807, 2.05) is 12.1 Å². The third-order valence-corrected chi connectivity index (χ3v) is 2.40. The van der Waals surface area contributed by atoms with Crippen molar-refractivity contribution in [3.8, 4) is 0 Å². The Labute approximate surface area is 79.6 Å². The first-order valence-electron chi connectivity index (χ1n) is 4.53. The molecule has 12 heavy (non-hydrogen) atoms. The van der Waals surface area contributed by atoms with Crippen LogP contribution in [0.5, 0.6) is 0 Å². The molecular weight excluding hydrogens is 168 g/mol. The topological polar surface area (TPSA) is 13.1 Å². The maximum absolute atomic E-state index is 5.28. The third kappa shape index (κ3) is 2.94. The first-order chi connectivity index (χ1) is 5.84. The van der Waals surface area contributed by atoms with Gasteiger partial charge in [0.2, 0.25) is 0 Å². The monoisotopic (exact) mass is 183 g/mol. The van der Waals surface area contributed by atoms with Crippen molar-refractivity contribution in [2.45, 2.75) is 37.9 Å². The van der Waals surface area contributed by atoms with Crippen molar-refractivity contribution in [3.05, 3.63) is 24.2 Å². The molecule has 0 amide bonds. The average Bonchev–Trinajstić information content (AvgIpc) is 2.56. The SMILES string of the molecule is CCCCCC([S])c1ccco1. The van der Waals surface area contributed by atoms with Gasteiger partial charge in [-0.1, -0.05) is 38.8 Å². The molecular formula is C10H15OS. The van der Waals surface area contributed by atoms with Gasteiger partial charge < -0.3 is 4.42 Å². The van der Waals surface area contributed by atoms with Gasteiger partial charge in [-0.2, -0.15) is 0 Å². The summed E-state index contributed by atoms with van der Waals surface area (Å²) < 4.78 is 5.22. The van der Waals surface area contributed by atoms with Gasteiger partial charge in [0.05, 0.1) is 11.5 Å². The predicted molar refractivity (Wildman–Crippen MR) is 53.2 cm³/mol. The zero-order valence-electron chi connectivity index (χ0n) is 7.45. The largest absolute Gasteiger partial charge is 0.468 e. The van der Waals surface area contributed by atoms with Crippen LogP contribution in [0.4, 0.5) is 0 Å². The van der Waals surface area contributed by atoms with Crippen molar-refractivity contribution in [1.82, 2.24) is 0 Å². The molecule has 1 heterocycles. The summed E-state index contributed by atoms with van der Waals surface area (Å²) >= 11 is 5.28. The third-order valence-electron chi connectivity index (χ3n) is 1.93. The highest BCUT2D eigenvalue weighted by Gasteiger charge is 2.08. The van der Waals surface area contributed by atoms with Gasteiger partial charge in [0.15, 0.2) is 0 Å². The maximum Gasteiger partial charge on any atom is 0.117 e. The number of unbranched alkanes of at least 4 members (excludes halogenated alkanes) is 2. The van der Waals surface area contributed by atoms with Gasteiger partial charge in [-0.15, -0.1) is 0 Å². The Morgan fingerprint density at radius 2 is 2.33 bits per heavy atom. The lowest BCUT2D eigenvalue weighted by molar-refractivity contribution is 0.490. The van der Waals surface area contributed by atoms with Crippen molar-refractivity contribution in [2.75, 3.05) is 0 Å². The second-order valence-corrected chi connectivity index (χ2v) is 3.57. The van der Waals surface area contributed by atoms with E-state index in [0.29, 0.717) is 0 Å². The molecule has 1 aromatic heterocycles. The Balaban J connectivity index is 2.25. The molecule has 1 nitrogen and oxygen atoms in total. The highest BCUT2D eigenvalue weighted by molar-refractivity contribution is 7.80. The summed E-state index contributed by atoms with van der Waals surface area (Å²) in [6.45, 7) is 2.20. The molecule has 1 rings (SSSR count). The summed E-state index contributed by atoms with van der Waals surface area (Å²) in [6, 6.07) is 3.86. The van der Waals surface area contributed by atoms with Crippen LogP contribution in [0.3, 0.4) is 0 Å². The molecule has 0 spiro atoms. The molecule has 0 saturated heterocycles. The first kappa shape index (κ1) is 9.72. The van der Waals surface area contributed by atoms with Gasteiger partial charge in [0.1, 0.15) is 5.76 Å². The van der Waals surface area contributed by atoms with E-state index in [9.17, 15) is 0 Å². The first-order valence-corrected chi connectivity index (χ1v) is 5.01. The molecule has 0 aliphatic rings. The number of rotatable bonds is 5. The molecule has 1 radical (unpaired) electrons. The zero-order chi connectivity index (χ0) is 8.81. The fraction of sp³-hybridized carbons (Fsp3) is 0.600. The Hall–Kier alpha value is -0.370. The van der Waals surface area contributed by atoms with Crippen LogP contribution in [-0.2, 0) is 0 Å². The predicted octanol–water partition coefficient (Wildman–Crippen LogP) is 4.10. The van der Waals surface area contributed by atoms with E-state index in [1.54, 1.807) is 6.26 Å². The molecule has 0 aromatic carbocycles. The summed E-state index contributed by atoms with van der Waals surface area (Å²) in [4.78, 5) is 0. The van der Waals surface area contributed by atoms with E-state index in [2.05, 4.69) is 6.92 Å². The van der Waals surface area contributed by atoms with E-state index in [0.717, 1.165) is 12.2 Å². The molecule has 0 aliphatic heterocycles. The second-order valence-electron chi connectivity index (χ2n) is 3.00. The lowest BCUT2D eigenvalue weighted by Gasteiger charge is -2.04. The highest BCUT2D eigenvalue weighted by Crippen LogP contribution is 2.25. The van der Waals surface area contributed by atoms with Crippen molar-refractivity contribution in [2.24, 2.45) is 0 Å². The van der Waals surface area contributed by atoms with Crippen LogP contribution in [0.25, 0.3) is 0 Å². The Bertz CT molecular complexity index is 194. The van der Waals surface area contributed by atoms with E-state index in [-0.39, 0.29) is 5.25 Å². The smallest absolute Gasteiger partial charge is 0.117 e. The summed E-state index contributed by atoms with van der Waals surface area (Å²) in [6.07, 6.45) is 6.49. The van der Waals surface area contributed by atoms with E-state index < -0.39 is 0 Å². The van der Waals surface area contributed by atoms with Crippen LogP contribution in [0.1, 0.15) is 43.6 Å². The molecule has 1 aromatic rings. The van der Waals surface area contributed by atoms with E-state index in [4.69, 9.17) is 17.0 Å². The van der Waals surface area contributed by atoms with Crippen molar-refractivity contribution < 1.29 is 4.42 Å². The summed E-state index contributed by atoms with van der Waals surface area (Å²) in [5.41, 5.74) is 0. The lowest BCUT2D eigenvalue weighted by Crippen LogP contribution is -1.87. The standard InChI is InChI=1S/C10H15OS/c1-2-3-4-7-10(12)9-6-5-8-11-9/h5-6,8,10H,2-4,7H2,1H3. The number of furan rings is 1. The fourth-order valence-corrected chi connectivity index (χ4v) is 1.50. The van der Waals surface area contributed by atoms with E-state index >= 15 is 0 Å². The lowest BCUT2D eigenvalue weighted by atomic mass is 10.1. The summed E-state index contributed by atoms with van der Waals surface area (Å²) in [5.74, 6) is 0.945. The summed E-state index contributed by atoms with van der Waals surface area (Å²) in [7, 11) is 0. The van der Waals surface area contributed by atoms with Crippen molar-refractivity contribution in [3.63, 3.8) is 0 Å². The van der Waals surface area contributed by atoms with Gasteiger partial charge >= 0.3 is 0 Å². The average molecular weight is 183 g/mol. The molecule has 0 aliphatic carbocycles. The Kier molecular flexibility index (Phi) is 4.30. The van der Waals surface area contributed by atoms with Gasteiger partial charge in [-0.25, -0.2) is 0 Å². The van der Waals surface area contributed by atoms with Crippen LogP contribution in [0.15, 0.2) is 22.8 Å².